The van der Waals surface area contributed by atoms with Gasteiger partial charge in [0.2, 0.25) is 0 Å². The molecule has 0 bridgehead atoms. The average Bonchev–Trinajstić information content (AvgIpc) is 2.66. The van der Waals surface area contributed by atoms with Crippen molar-refractivity contribution in [2.75, 3.05) is 57.3 Å². The molecule has 6 nitrogen and oxygen atoms in total. The summed E-state index contributed by atoms with van der Waals surface area (Å²) in [7, 11) is 0. The van der Waals surface area contributed by atoms with E-state index in [0.717, 1.165) is 62.3 Å². The molecular weight excluding hydrogens is 410 g/mol. The zero-order chi connectivity index (χ0) is 19.4. The molecule has 2 aliphatic rings. The largest absolute Gasteiger partial charge is 0.507 e. The summed E-state index contributed by atoms with van der Waals surface area (Å²) < 4.78 is 5.85. The number of phenols is 1. The Morgan fingerprint density at radius 3 is 2.48 bits per heavy atom. The lowest BCUT2D eigenvalue weighted by atomic mass is 10.0. The first-order valence-electron chi connectivity index (χ1n) is 9.84. The fraction of sp³-hybridized carbons (Fsp3) is 0.650. The van der Waals surface area contributed by atoms with E-state index in [2.05, 4.69) is 37.6 Å². The minimum absolute atomic E-state index is 0.119. The van der Waals surface area contributed by atoms with Crippen LogP contribution in [-0.4, -0.2) is 79.3 Å². The quantitative estimate of drug-likeness (QED) is 0.711. The molecule has 1 aromatic carbocycles. The van der Waals surface area contributed by atoms with E-state index < -0.39 is 0 Å². The van der Waals surface area contributed by atoms with Crippen molar-refractivity contribution in [1.29, 1.82) is 0 Å². The number of aromatic hydroxyl groups is 1. The lowest BCUT2D eigenvalue weighted by Gasteiger charge is -2.43. The summed E-state index contributed by atoms with van der Waals surface area (Å²) >= 11 is 3.55. The summed E-state index contributed by atoms with van der Waals surface area (Å²) in [6.45, 7) is 10.7. The lowest BCUT2D eigenvalue weighted by Crippen LogP contribution is -2.54. The van der Waals surface area contributed by atoms with Crippen LogP contribution in [0.3, 0.4) is 0 Å². The van der Waals surface area contributed by atoms with Crippen molar-refractivity contribution in [3.05, 3.63) is 22.2 Å². The Kier molecular flexibility index (Phi) is 7.00. The molecule has 27 heavy (non-hydrogen) atoms. The Morgan fingerprint density at radius 2 is 1.85 bits per heavy atom. The van der Waals surface area contributed by atoms with Crippen LogP contribution in [0.15, 0.2) is 16.6 Å². The molecular formula is C20H30BrN3O3. The fourth-order valence-corrected chi connectivity index (χ4v) is 4.86. The molecule has 0 aromatic heterocycles. The van der Waals surface area contributed by atoms with E-state index in [-0.39, 0.29) is 5.97 Å². The van der Waals surface area contributed by atoms with Crippen molar-refractivity contribution in [3.8, 4) is 5.75 Å². The Hall–Kier alpha value is -1.31. The number of nitrogens with zero attached hydrogens (tertiary/aromatic N) is 3. The highest BCUT2D eigenvalue weighted by atomic mass is 79.9. The predicted molar refractivity (Wildman–Crippen MR) is 110 cm³/mol. The molecule has 1 aromatic rings. The normalized spacial score (nSPS) is 20.0. The van der Waals surface area contributed by atoms with E-state index in [4.69, 9.17) is 4.74 Å². The maximum atomic E-state index is 11.6. The standard InChI is InChI=1S/C20H30BrN3O3/c1-3-27-18(26)14-22-10-12-23(13-11-22)16-6-8-24(9-7-16)20-15(2)4-5-17(25)19(20)21/h4-5,16,25H,3,6-14H2,1-2H3. The van der Waals surface area contributed by atoms with Gasteiger partial charge in [0.15, 0.2) is 0 Å². The van der Waals surface area contributed by atoms with E-state index in [1.54, 1.807) is 6.07 Å². The summed E-state index contributed by atoms with van der Waals surface area (Å²) in [5.74, 6) is 0.182. The first-order chi connectivity index (χ1) is 13.0. The van der Waals surface area contributed by atoms with E-state index in [0.29, 0.717) is 24.9 Å². The lowest BCUT2D eigenvalue weighted by molar-refractivity contribution is -0.144. The van der Waals surface area contributed by atoms with Gasteiger partial charge in [-0.3, -0.25) is 14.6 Å². The van der Waals surface area contributed by atoms with Crippen LogP contribution in [0.1, 0.15) is 25.3 Å². The van der Waals surface area contributed by atoms with Gasteiger partial charge in [-0.1, -0.05) is 6.07 Å². The van der Waals surface area contributed by atoms with E-state index in [1.165, 1.54) is 5.56 Å². The van der Waals surface area contributed by atoms with Crippen molar-refractivity contribution in [2.45, 2.75) is 32.7 Å². The number of piperazine rings is 1. The molecule has 0 aliphatic carbocycles. The molecule has 0 radical (unpaired) electrons. The van der Waals surface area contributed by atoms with Gasteiger partial charge in [0, 0.05) is 45.3 Å². The molecule has 0 amide bonds. The minimum atomic E-state index is -0.119. The molecule has 0 spiro atoms. The number of carbonyl (C=O) groups excluding carboxylic acids is 1. The number of ether oxygens (including phenoxy) is 1. The summed E-state index contributed by atoms with van der Waals surface area (Å²) in [6.07, 6.45) is 2.25. The van der Waals surface area contributed by atoms with Gasteiger partial charge in [-0.25, -0.2) is 0 Å². The van der Waals surface area contributed by atoms with Gasteiger partial charge in [0.1, 0.15) is 5.75 Å². The maximum Gasteiger partial charge on any atom is 0.320 e. The fourth-order valence-electron chi connectivity index (χ4n) is 4.17. The minimum Gasteiger partial charge on any atom is -0.507 e. The number of hydrogen-bond donors (Lipinski definition) is 1. The molecule has 7 heteroatoms. The van der Waals surface area contributed by atoms with Gasteiger partial charge in [-0.15, -0.1) is 0 Å². The van der Waals surface area contributed by atoms with Gasteiger partial charge in [-0.05, 0) is 54.2 Å². The number of esters is 1. The molecule has 0 unspecified atom stereocenters. The van der Waals surface area contributed by atoms with Crippen LogP contribution >= 0.6 is 15.9 Å². The van der Waals surface area contributed by atoms with Gasteiger partial charge in [-0.2, -0.15) is 0 Å². The van der Waals surface area contributed by atoms with Crippen LogP contribution < -0.4 is 4.90 Å². The molecule has 3 rings (SSSR count). The third kappa shape index (κ3) is 4.95. The van der Waals surface area contributed by atoms with Crippen LogP contribution in [0.4, 0.5) is 5.69 Å². The number of anilines is 1. The topological polar surface area (TPSA) is 56.2 Å². The molecule has 2 heterocycles. The average molecular weight is 440 g/mol. The number of halogens is 1. The number of aryl methyl sites for hydroxylation is 1. The van der Waals surface area contributed by atoms with Crippen molar-refractivity contribution < 1.29 is 14.6 Å². The van der Waals surface area contributed by atoms with Crippen LogP contribution in [0.5, 0.6) is 5.75 Å². The second kappa shape index (κ2) is 9.26. The third-order valence-corrected chi connectivity index (χ3v) is 6.44. The zero-order valence-electron chi connectivity index (χ0n) is 16.3. The predicted octanol–water partition coefficient (Wildman–Crippen LogP) is 2.61. The third-order valence-electron chi connectivity index (χ3n) is 5.66. The van der Waals surface area contributed by atoms with Crippen molar-refractivity contribution in [1.82, 2.24) is 9.80 Å². The van der Waals surface area contributed by atoms with E-state index in [9.17, 15) is 9.90 Å². The Morgan fingerprint density at radius 1 is 1.19 bits per heavy atom. The molecule has 0 saturated carbocycles. The number of piperidine rings is 1. The number of hydrogen-bond acceptors (Lipinski definition) is 6. The first kappa shape index (κ1) is 20.4. The zero-order valence-corrected chi connectivity index (χ0v) is 17.9. The van der Waals surface area contributed by atoms with Gasteiger partial charge >= 0.3 is 5.97 Å². The summed E-state index contributed by atoms with van der Waals surface area (Å²) in [4.78, 5) is 18.8. The van der Waals surface area contributed by atoms with Crippen molar-refractivity contribution in [2.24, 2.45) is 0 Å². The van der Waals surface area contributed by atoms with E-state index in [1.807, 2.05) is 13.0 Å². The van der Waals surface area contributed by atoms with Crippen LogP contribution in [0.2, 0.25) is 0 Å². The molecule has 0 atom stereocenters. The van der Waals surface area contributed by atoms with E-state index >= 15 is 0 Å². The van der Waals surface area contributed by atoms with Crippen molar-refractivity contribution >= 4 is 27.6 Å². The van der Waals surface area contributed by atoms with Crippen LogP contribution in [0, 0.1) is 6.92 Å². The molecule has 2 saturated heterocycles. The van der Waals surface area contributed by atoms with Gasteiger partial charge in [0.25, 0.3) is 0 Å². The number of benzene rings is 1. The summed E-state index contributed by atoms with van der Waals surface area (Å²) in [5.41, 5.74) is 2.30. The highest BCUT2D eigenvalue weighted by Gasteiger charge is 2.29. The number of rotatable bonds is 5. The van der Waals surface area contributed by atoms with Gasteiger partial charge < -0.3 is 14.7 Å². The second-order valence-corrected chi connectivity index (χ2v) is 8.19. The first-order valence-corrected chi connectivity index (χ1v) is 10.6. The molecule has 150 valence electrons. The molecule has 2 fully saturated rings. The van der Waals surface area contributed by atoms with Crippen LogP contribution in [-0.2, 0) is 9.53 Å². The number of carbonyl (C=O) groups is 1. The summed E-state index contributed by atoms with van der Waals surface area (Å²) in [5, 5.41) is 10.0. The Labute approximate surface area is 170 Å². The summed E-state index contributed by atoms with van der Waals surface area (Å²) in [6, 6.07) is 4.32. The molecule has 2 aliphatic heterocycles. The highest BCUT2D eigenvalue weighted by molar-refractivity contribution is 9.10. The Balaban J connectivity index is 1.49. The Bertz CT molecular complexity index is 654. The molecule has 1 N–H and O–H groups in total. The highest BCUT2D eigenvalue weighted by Crippen LogP contribution is 2.38. The second-order valence-electron chi connectivity index (χ2n) is 7.40. The van der Waals surface area contributed by atoms with Crippen molar-refractivity contribution in [3.63, 3.8) is 0 Å². The monoisotopic (exact) mass is 439 g/mol. The number of phenolic OH excluding ortho intramolecular Hbond substituents is 1. The van der Waals surface area contributed by atoms with Gasteiger partial charge in [0.05, 0.1) is 23.3 Å². The maximum absolute atomic E-state index is 11.6. The smallest absolute Gasteiger partial charge is 0.320 e. The SMILES string of the molecule is CCOC(=O)CN1CCN(C2CCN(c3c(C)ccc(O)c3Br)CC2)CC1. The van der Waals surface area contributed by atoms with Crippen LogP contribution in [0.25, 0.3) is 0 Å².